The Morgan fingerprint density at radius 1 is 1.55 bits per heavy atom. The average Bonchev–Trinajstić information content (AvgIpc) is 3.15. The number of hydrogen-bond acceptors (Lipinski definition) is 3. The van der Waals surface area contributed by atoms with Crippen molar-refractivity contribution in [2.75, 3.05) is 6.54 Å². The Morgan fingerprint density at radius 3 is 3.20 bits per heavy atom. The normalized spacial score (nSPS) is 30.1. The van der Waals surface area contributed by atoms with Gasteiger partial charge in [0.25, 0.3) is 0 Å². The highest BCUT2D eigenvalue weighted by molar-refractivity contribution is 7.10. The van der Waals surface area contributed by atoms with Crippen molar-refractivity contribution in [3.63, 3.8) is 0 Å². The molecule has 0 aromatic carbocycles. The van der Waals surface area contributed by atoms with E-state index in [2.05, 4.69) is 35.1 Å². The maximum absolute atomic E-state index is 12.6. The number of rotatable bonds is 5. The molecular weight excluding hydrogens is 268 g/mol. The zero-order valence-corrected chi connectivity index (χ0v) is 12.9. The summed E-state index contributed by atoms with van der Waals surface area (Å²) in [5, 5.41) is 8.81. The Balaban J connectivity index is 1.64. The molecule has 1 saturated heterocycles. The van der Waals surface area contributed by atoms with Crippen molar-refractivity contribution in [3.8, 4) is 0 Å². The van der Waals surface area contributed by atoms with Crippen LogP contribution in [0.5, 0.6) is 0 Å². The van der Waals surface area contributed by atoms with Gasteiger partial charge in [0, 0.05) is 4.88 Å². The van der Waals surface area contributed by atoms with Crippen molar-refractivity contribution >= 4 is 17.2 Å². The lowest BCUT2D eigenvalue weighted by atomic mass is 9.93. The molecule has 20 heavy (non-hydrogen) atoms. The minimum Gasteiger partial charge on any atom is -0.347 e. The second kappa shape index (κ2) is 6.27. The molecule has 110 valence electrons. The van der Waals surface area contributed by atoms with Crippen LogP contribution < -0.4 is 10.6 Å². The van der Waals surface area contributed by atoms with Gasteiger partial charge in [-0.2, -0.15) is 0 Å². The number of amides is 1. The van der Waals surface area contributed by atoms with Gasteiger partial charge in [-0.05, 0) is 49.1 Å². The van der Waals surface area contributed by atoms with Crippen LogP contribution in [0.3, 0.4) is 0 Å². The summed E-state index contributed by atoms with van der Waals surface area (Å²) >= 11 is 1.74. The first kappa shape index (κ1) is 14.1. The van der Waals surface area contributed by atoms with E-state index in [1.54, 1.807) is 11.3 Å². The van der Waals surface area contributed by atoms with Gasteiger partial charge >= 0.3 is 0 Å². The number of carbonyl (C=O) groups is 1. The summed E-state index contributed by atoms with van der Waals surface area (Å²) in [6.45, 7) is 3.20. The summed E-state index contributed by atoms with van der Waals surface area (Å²) in [5.74, 6) is 1.52. The van der Waals surface area contributed by atoms with Crippen LogP contribution in [0, 0.1) is 11.8 Å². The van der Waals surface area contributed by atoms with Crippen LogP contribution in [0.25, 0.3) is 0 Å². The van der Waals surface area contributed by atoms with Gasteiger partial charge in [-0.1, -0.05) is 25.8 Å². The van der Waals surface area contributed by atoms with Gasteiger partial charge in [-0.15, -0.1) is 11.3 Å². The van der Waals surface area contributed by atoms with Crippen LogP contribution in [-0.2, 0) is 4.79 Å². The van der Waals surface area contributed by atoms with Crippen LogP contribution in [0.1, 0.15) is 49.9 Å². The van der Waals surface area contributed by atoms with E-state index in [4.69, 9.17) is 0 Å². The van der Waals surface area contributed by atoms with Crippen molar-refractivity contribution in [2.45, 2.75) is 51.1 Å². The molecule has 1 aromatic heterocycles. The molecule has 2 heterocycles. The molecular formula is C16H24N2OS. The molecule has 2 aliphatic rings. The van der Waals surface area contributed by atoms with E-state index in [1.807, 2.05) is 0 Å². The molecule has 0 spiro atoms. The van der Waals surface area contributed by atoms with Gasteiger partial charge in [-0.25, -0.2) is 0 Å². The van der Waals surface area contributed by atoms with Gasteiger partial charge in [0.15, 0.2) is 0 Å². The summed E-state index contributed by atoms with van der Waals surface area (Å²) < 4.78 is 0. The van der Waals surface area contributed by atoms with E-state index in [9.17, 15) is 4.79 Å². The third kappa shape index (κ3) is 2.77. The molecule has 4 unspecified atom stereocenters. The summed E-state index contributed by atoms with van der Waals surface area (Å²) in [5.41, 5.74) is 0. The third-order valence-corrected chi connectivity index (χ3v) is 5.79. The SMILES string of the molecule is CCCC(NC(=O)C1NCC2CCCC21)c1cccs1. The molecule has 3 nitrogen and oxygen atoms in total. The first-order valence-corrected chi connectivity index (χ1v) is 8.74. The highest BCUT2D eigenvalue weighted by Crippen LogP contribution is 2.38. The van der Waals surface area contributed by atoms with Crippen molar-refractivity contribution in [2.24, 2.45) is 11.8 Å². The summed E-state index contributed by atoms with van der Waals surface area (Å²) in [7, 11) is 0. The number of carbonyl (C=O) groups excluding carboxylic acids is 1. The number of nitrogens with one attached hydrogen (secondary N) is 2. The van der Waals surface area contributed by atoms with Gasteiger partial charge in [0.05, 0.1) is 12.1 Å². The maximum Gasteiger partial charge on any atom is 0.237 e. The largest absolute Gasteiger partial charge is 0.347 e. The van der Waals surface area contributed by atoms with Crippen molar-refractivity contribution < 1.29 is 4.79 Å². The topological polar surface area (TPSA) is 41.1 Å². The van der Waals surface area contributed by atoms with Crippen LogP contribution >= 0.6 is 11.3 Å². The van der Waals surface area contributed by atoms with Crippen molar-refractivity contribution in [1.29, 1.82) is 0 Å². The number of thiophene rings is 1. The Hall–Kier alpha value is -0.870. The summed E-state index contributed by atoms with van der Waals surface area (Å²) in [6.07, 6.45) is 5.92. The predicted octanol–water partition coefficient (Wildman–Crippen LogP) is 3.09. The summed E-state index contributed by atoms with van der Waals surface area (Å²) in [6, 6.07) is 4.43. The number of hydrogen-bond donors (Lipinski definition) is 2. The molecule has 1 amide bonds. The molecule has 2 N–H and O–H groups in total. The highest BCUT2D eigenvalue weighted by Gasteiger charge is 2.42. The monoisotopic (exact) mass is 292 g/mol. The van der Waals surface area contributed by atoms with Crippen LogP contribution in [0.2, 0.25) is 0 Å². The maximum atomic E-state index is 12.6. The average molecular weight is 292 g/mol. The van der Waals surface area contributed by atoms with Crippen molar-refractivity contribution in [1.82, 2.24) is 10.6 Å². The zero-order chi connectivity index (χ0) is 13.9. The van der Waals surface area contributed by atoms with Crippen LogP contribution in [0.15, 0.2) is 17.5 Å². The molecule has 0 bridgehead atoms. The second-order valence-corrected chi connectivity index (χ2v) is 7.09. The Morgan fingerprint density at radius 2 is 2.45 bits per heavy atom. The molecule has 3 rings (SSSR count). The van der Waals surface area contributed by atoms with E-state index in [-0.39, 0.29) is 18.0 Å². The molecule has 1 aromatic rings. The first-order valence-electron chi connectivity index (χ1n) is 7.86. The zero-order valence-electron chi connectivity index (χ0n) is 12.1. The minimum atomic E-state index is 0.0434. The lowest BCUT2D eigenvalue weighted by Gasteiger charge is -2.22. The van der Waals surface area contributed by atoms with Gasteiger partial charge < -0.3 is 10.6 Å². The fraction of sp³-hybridized carbons (Fsp3) is 0.688. The quantitative estimate of drug-likeness (QED) is 0.875. The highest BCUT2D eigenvalue weighted by atomic mass is 32.1. The van der Waals surface area contributed by atoms with E-state index in [0.29, 0.717) is 5.92 Å². The molecule has 1 aliphatic carbocycles. The van der Waals surface area contributed by atoms with E-state index in [0.717, 1.165) is 25.3 Å². The summed E-state index contributed by atoms with van der Waals surface area (Å²) in [4.78, 5) is 13.9. The standard InChI is InChI=1S/C16H24N2OS/c1-2-5-13(14-8-4-9-20-14)18-16(19)15-12-7-3-6-11(12)10-17-15/h4,8-9,11-13,15,17H,2-3,5-7,10H2,1H3,(H,18,19). The Labute approximate surface area is 125 Å². The molecule has 1 aliphatic heterocycles. The van der Waals surface area contributed by atoms with Crippen LogP contribution in [-0.4, -0.2) is 18.5 Å². The molecule has 2 fully saturated rings. The van der Waals surface area contributed by atoms with Gasteiger partial charge in [0.2, 0.25) is 5.91 Å². The van der Waals surface area contributed by atoms with Gasteiger partial charge in [-0.3, -0.25) is 4.79 Å². The van der Waals surface area contributed by atoms with E-state index >= 15 is 0 Å². The Bertz CT molecular complexity index is 445. The molecule has 1 saturated carbocycles. The fourth-order valence-electron chi connectivity index (χ4n) is 3.80. The molecule has 4 heteroatoms. The van der Waals surface area contributed by atoms with Crippen molar-refractivity contribution in [3.05, 3.63) is 22.4 Å². The first-order chi connectivity index (χ1) is 9.79. The van der Waals surface area contributed by atoms with Crippen LogP contribution in [0.4, 0.5) is 0 Å². The molecule has 0 radical (unpaired) electrons. The van der Waals surface area contributed by atoms with Gasteiger partial charge in [0.1, 0.15) is 0 Å². The fourth-order valence-corrected chi connectivity index (χ4v) is 4.61. The number of fused-ring (bicyclic) bond motifs is 1. The third-order valence-electron chi connectivity index (χ3n) is 4.81. The van der Waals surface area contributed by atoms with E-state index in [1.165, 1.54) is 24.1 Å². The second-order valence-electron chi connectivity index (χ2n) is 6.11. The Kier molecular flexibility index (Phi) is 4.41. The lowest BCUT2D eigenvalue weighted by Crippen LogP contribution is -2.45. The molecule has 4 atom stereocenters. The minimum absolute atomic E-state index is 0.0434. The lowest BCUT2D eigenvalue weighted by molar-refractivity contribution is -0.124. The van der Waals surface area contributed by atoms with E-state index < -0.39 is 0 Å². The smallest absolute Gasteiger partial charge is 0.237 e. The predicted molar refractivity (Wildman–Crippen MR) is 82.7 cm³/mol.